The molecule has 0 heterocycles. The van der Waals surface area contributed by atoms with E-state index in [0.717, 1.165) is 12.1 Å². The first-order chi connectivity index (χ1) is 15.4. The van der Waals surface area contributed by atoms with E-state index in [-0.39, 0.29) is 40.5 Å². The first kappa shape index (κ1) is 27.2. The third-order valence-corrected chi connectivity index (χ3v) is 7.20. The van der Waals surface area contributed by atoms with Gasteiger partial charge in [0.05, 0.1) is 0 Å². The van der Waals surface area contributed by atoms with Crippen molar-refractivity contribution in [2.45, 2.75) is 46.5 Å². The molecule has 2 amide bonds. The van der Waals surface area contributed by atoms with Gasteiger partial charge in [0.2, 0.25) is 0 Å². The maximum absolute atomic E-state index is 13.3. The van der Waals surface area contributed by atoms with Gasteiger partial charge in [-0.1, -0.05) is 29.8 Å². The topological polar surface area (TPSA) is 58.9 Å². The van der Waals surface area contributed by atoms with Gasteiger partial charge in [0.15, 0.2) is 0 Å². The van der Waals surface area contributed by atoms with Gasteiger partial charge in [-0.15, -0.1) is 0 Å². The Labute approximate surface area is 195 Å². The van der Waals surface area contributed by atoms with E-state index in [1.165, 1.54) is 42.5 Å². The molecule has 13 heteroatoms. The zero-order valence-corrected chi connectivity index (χ0v) is 19.1. The van der Waals surface area contributed by atoms with Crippen LogP contribution in [0.2, 0.25) is 5.02 Å². The van der Waals surface area contributed by atoms with Crippen LogP contribution in [0.1, 0.15) is 25.7 Å². The van der Waals surface area contributed by atoms with Gasteiger partial charge in [-0.05, 0) is 49.2 Å². The van der Waals surface area contributed by atoms with Crippen LogP contribution in [0.4, 0.5) is 26.3 Å². The molecule has 2 atom stereocenters. The van der Waals surface area contributed by atoms with Crippen LogP contribution >= 0.6 is 11.6 Å². The van der Waals surface area contributed by atoms with Crippen molar-refractivity contribution >= 4 is 44.8 Å². The summed E-state index contributed by atoms with van der Waals surface area (Å²) in [7, 11) is -5.32. The Morgan fingerprint density at radius 1 is 0.697 bits per heavy atom. The fraction of sp³-hybridized carbons (Fsp3) is 0.300. The van der Waals surface area contributed by atoms with Crippen molar-refractivity contribution in [1.82, 2.24) is 0 Å². The molecule has 0 saturated carbocycles. The number of carbonyl (C=O) groups excluding carboxylic acids is 2. The largest absolute Gasteiger partial charge is 0.457 e. The van der Waals surface area contributed by atoms with E-state index in [4.69, 9.17) is 11.6 Å². The monoisotopic (exact) mass is 530 g/mol. The summed E-state index contributed by atoms with van der Waals surface area (Å²) in [5, 5.41) is 0.228. The number of unbranched alkanes of at least 4 members (excludes halogenated alkanes) is 1. The first-order valence-electron chi connectivity index (χ1n) is 9.30. The molecule has 0 aliphatic carbocycles. The smallest absolute Gasteiger partial charge is 0.272 e. The van der Waals surface area contributed by atoms with Crippen molar-refractivity contribution in [2.75, 3.05) is 0 Å². The van der Waals surface area contributed by atoms with Crippen LogP contribution < -0.4 is 0 Å². The number of nitrogens with zero attached hydrogens (tertiary/aromatic N) is 2. The van der Waals surface area contributed by atoms with Crippen LogP contribution in [-0.2, 0) is 31.0 Å². The van der Waals surface area contributed by atoms with Crippen molar-refractivity contribution in [3.63, 3.8) is 0 Å². The maximum Gasteiger partial charge on any atom is 0.457 e. The van der Waals surface area contributed by atoms with Crippen molar-refractivity contribution < 1.29 is 35.9 Å². The van der Waals surface area contributed by atoms with Gasteiger partial charge in [0.1, 0.15) is 0 Å². The van der Waals surface area contributed by atoms with E-state index in [0.29, 0.717) is 0 Å². The van der Waals surface area contributed by atoms with Crippen LogP contribution in [0.5, 0.6) is 0 Å². The highest BCUT2D eigenvalue weighted by molar-refractivity contribution is 7.88. The lowest BCUT2D eigenvalue weighted by molar-refractivity contribution is -0.119. The predicted molar refractivity (Wildman–Crippen MR) is 115 cm³/mol. The normalized spacial score (nSPS) is 14.3. The van der Waals surface area contributed by atoms with Gasteiger partial charge in [0, 0.05) is 49.0 Å². The number of amides is 2. The van der Waals surface area contributed by atoms with Gasteiger partial charge < -0.3 is 0 Å². The molecule has 180 valence electrons. The number of benzene rings is 2. The molecule has 0 aliphatic rings. The van der Waals surface area contributed by atoms with Crippen molar-refractivity contribution in [3.8, 4) is 0 Å². The zero-order valence-electron chi connectivity index (χ0n) is 16.7. The average Bonchev–Trinajstić information content (AvgIpc) is 2.73. The average molecular weight is 531 g/mol. The summed E-state index contributed by atoms with van der Waals surface area (Å²) in [6, 6.07) is 11.5. The predicted octanol–water partition coefficient (Wildman–Crippen LogP) is 7.02. The highest BCUT2D eigenvalue weighted by Crippen LogP contribution is 2.30. The molecule has 4 nitrogen and oxygen atoms in total. The fourth-order valence-electron chi connectivity index (χ4n) is 2.44. The van der Waals surface area contributed by atoms with Crippen LogP contribution in [0, 0.1) is 0 Å². The van der Waals surface area contributed by atoms with E-state index in [2.05, 4.69) is 8.73 Å². The Hall–Kier alpha value is -2.05. The molecule has 0 saturated heterocycles. The minimum absolute atomic E-state index is 0.0197. The van der Waals surface area contributed by atoms with Gasteiger partial charge >= 0.3 is 11.0 Å². The number of carbonyl (C=O) groups is 2. The molecule has 0 spiro atoms. The minimum atomic E-state index is -4.77. The van der Waals surface area contributed by atoms with E-state index in [1.54, 1.807) is 0 Å². The second-order valence-electron chi connectivity index (χ2n) is 6.40. The zero-order chi connectivity index (χ0) is 24.6. The molecule has 0 aliphatic heterocycles. The third-order valence-electron chi connectivity index (χ3n) is 3.86. The molecule has 2 unspecified atom stereocenters. The van der Waals surface area contributed by atoms with Crippen LogP contribution in [-0.4, -0.2) is 22.8 Å². The van der Waals surface area contributed by atoms with Crippen molar-refractivity contribution in [1.29, 1.82) is 0 Å². The number of alkyl halides is 6. The standard InChI is InChI=1S/C20H17ClF6N2O2S2/c21-14-10-12-16(13-11-14)33(20(25,26)27)29-18(31)9-5-4-8-17(30)28-32(19(22,23)24)15-6-2-1-3-7-15/h1-3,6-7,10-13H,4-5,8-9H2. The fourth-order valence-corrected chi connectivity index (χ4v) is 4.91. The van der Waals surface area contributed by atoms with Gasteiger partial charge in [-0.3, -0.25) is 9.59 Å². The quantitative estimate of drug-likeness (QED) is 0.285. The van der Waals surface area contributed by atoms with E-state index in [9.17, 15) is 35.9 Å². The van der Waals surface area contributed by atoms with Crippen LogP contribution in [0.15, 0.2) is 73.1 Å². The number of halogens is 7. The molecule has 0 aromatic heterocycles. The molecule has 2 aromatic rings. The molecule has 2 rings (SSSR count). The molecule has 33 heavy (non-hydrogen) atoms. The first-order valence-corrected chi connectivity index (χ1v) is 12.0. The number of hydrogen-bond donors (Lipinski definition) is 0. The summed E-state index contributed by atoms with van der Waals surface area (Å²) in [6.07, 6.45) is -0.801. The van der Waals surface area contributed by atoms with Crippen LogP contribution in [0.25, 0.3) is 0 Å². The molecule has 0 bridgehead atoms. The highest BCUT2D eigenvalue weighted by Gasteiger charge is 2.37. The Balaban J connectivity index is 1.98. The van der Waals surface area contributed by atoms with E-state index < -0.39 is 44.2 Å². The van der Waals surface area contributed by atoms with Crippen LogP contribution in [0.3, 0.4) is 0 Å². The molecule has 0 radical (unpaired) electrons. The SMILES string of the molecule is O=C(CCCCC(=O)N=S(c1ccc(Cl)cc1)C(F)(F)F)N=S(c1ccccc1)C(F)(F)F. The Morgan fingerprint density at radius 2 is 1.09 bits per heavy atom. The summed E-state index contributed by atoms with van der Waals surface area (Å²) in [6.45, 7) is 0. The Kier molecular flexibility index (Phi) is 9.80. The molecule has 2 aromatic carbocycles. The number of rotatable bonds is 7. The summed E-state index contributed by atoms with van der Waals surface area (Å²) in [5.74, 6) is -2.02. The van der Waals surface area contributed by atoms with Crippen molar-refractivity contribution in [2.24, 2.45) is 8.73 Å². The molecular formula is C20H17ClF6N2O2S2. The van der Waals surface area contributed by atoms with Crippen molar-refractivity contribution in [3.05, 3.63) is 59.6 Å². The third kappa shape index (κ3) is 9.01. The van der Waals surface area contributed by atoms with Gasteiger partial charge in [0.25, 0.3) is 11.8 Å². The highest BCUT2D eigenvalue weighted by atomic mass is 35.5. The van der Waals surface area contributed by atoms with Gasteiger partial charge in [-0.25, -0.2) is 0 Å². The number of hydrogen-bond acceptors (Lipinski definition) is 2. The summed E-state index contributed by atoms with van der Waals surface area (Å²) in [5.41, 5.74) is -9.51. The summed E-state index contributed by atoms with van der Waals surface area (Å²) < 4.78 is 86.2. The second-order valence-corrected chi connectivity index (χ2v) is 10.2. The maximum atomic E-state index is 13.3. The minimum Gasteiger partial charge on any atom is -0.272 e. The summed E-state index contributed by atoms with van der Waals surface area (Å²) in [4.78, 5) is 23.5. The summed E-state index contributed by atoms with van der Waals surface area (Å²) >= 11 is 5.66. The Bertz CT molecular complexity index is 1040. The molecule has 0 N–H and O–H groups in total. The second kappa shape index (κ2) is 11.9. The van der Waals surface area contributed by atoms with Gasteiger partial charge in [-0.2, -0.15) is 35.1 Å². The lowest BCUT2D eigenvalue weighted by atomic mass is 10.2. The van der Waals surface area contributed by atoms with E-state index >= 15 is 0 Å². The lowest BCUT2D eigenvalue weighted by Gasteiger charge is -2.12. The Morgan fingerprint density at radius 3 is 1.48 bits per heavy atom. The van der Waals surface area contributed by atoms with E-state index in [1.807, 2.05) is 0 Å². The lowest BCUT2D eigenvalue weighted by Crippen LogP contribution is -2.18. The molecular weight excluding hydrogens is 514 g/mol. The molecule has 0 fully saturated rings.